The lowest BCUT2D eigenvalue weighted by atomic mass is 9.98. The van der Waals surface area contributed by atoms with Crippen LogP contribution in [0.4, 0.5) is 9.59 Å². The maximum atomic E-state index is 12.3. The Morgan fingerprint density at radius 2 is 1.57 bits per heavy atom. The topological polar surface area (TPSA) is 103 Å². The van der Waals surface area contributed by atoms with Crippen molar-refractivity contribution in [2.75, 3.05) is 19.8 Å². The molecule has 0 fully saturated rings. The number of ether oxygens (including phenoxy) is 3. The van der Waals surface area contributed by atoms with E-state index in [2.05, 4.69) is 41.5 Å². The Balaban J connectivity index is 1.43. The Labute approximate surface area is 218 Å². The number of rotatable bonds is 11. The standard InChI is InChI=1S/C29H36N2O6/c1-5-18-35-26(32)25(31-28(34)37-29(2,3)4)16-10-11-17-30-27(33)36-19-24-22-14-8-6-12-20(22)21-13-7-9-15-23(21)24/h5-9,12-15,24-25H,1,10-11,16-19H2,2-4H3,(H,30,33)(H,31,34)/t25-/m0/s1. The van der Waals surface area contributed by atoms with Crippen molar-refractivity contribution in [1.82, 2.24) is 10.6 Å². The fraction of sp³-hybridized carbons (Fsp3) is 0.414. The quantitative estimate of drug-likeness (QED) is 0.184. The maximum Gasteiger partial charge on any atom is 0.408 e. The van der Waals surface area contributed by atoms with Crippen LogP contribution in [0.3, 0.4) is 0 Å². The number of hydrogen-bond donors (Lipinski definition) is 2. The number of carbonyl (C=O) groups is 3. The third kappa shape index (κ3) is 8.10. The van der Waals surface area contributed by atoms with Crippen LogP contribution < -0.4 is 10.6 Å². The van der Waals surface area contributed by atoms with Gasteiger partial charge in [-0.1, -0.05) is 61.2 Å². The van der Waals surface area contributed by atoms with Gasteiger partial charge in [0.1, 0.15) is 24.9 Å². The predicted molar refractivity (Wildman–Crippen MR) is 141 cm³/mol. The van der Waals surface area contributed by atoms with Crippen LogP contribution in [-0.4, -0.2) is 49.6 Å². The normalized spacial score (nSPS) is 13.1. The van der Waals surface area contributed by atoms with Gasteiger partial charge in [0.15, 0.2) is 0 Å². The average Bonchev–Trinajstić information content (AvgIpc) is 3.17. The van der Waals surface area contributed by atoms with Crippen molar-refractivity contribution in [3.63, 3.8) is 0 Å². The summed E-state index contributed by atoms with van der Waals surface area (Å²) in [5.74, 6) is -0.560. The molecular weight excluding hydrogens is 472 g/mol. The molecule has 0 heterocycles. The molecule has 2 aromatic rings. The zero-order valence-electron chi connectivity index (χ0n) is 21.8. The Morgan fingerprint density at radius 3 is 2.16 bits per heavy atom. The Hall–Kier alpha value is -3.81. The van der Waals surface area contributed by atoms with E-state index in [1.807, 2.05) is 24.3 Å². The minimum Gasteiger partial charge on any atom is -0.460 e. The summed E-state index contributed by atoms with van der Waals surface area (Å²) in [6.07, 6.45) is 1.77. The lowest BCUT2D eigenvalue weighted by molar-refractivity contribution is -0.145. The molecule has 0 spiro atoms. The van der Waals surface area contributed by atoms with Gasteiger partial charge in [0.2, 0.25) is 0 Å². The molecular formula is C29H36N2O6. The Morgan fingerprint density at radius 1 is 0.946 bits per heavy atom. The summed E-state index contributed by atoms with van der Waals surface area (Å²) >= 11 is 0. The number of alkyl carbamates (subject to hydrolysis) is 2. The number of hydrogen-bond acceptors (Lipinski definition) is 6. The number of nitrogens with one attached hydrogen (secondary N) is 2. The first-order chi connectivity index (χ1) is 17.7. The second kappa shape index (κ2) is 12.9. The van der Waals surface area contributed by atoms with E-state index >= 15 is 0 Å². The summed E-state index contributed by atoms with van der Waals surface area (Å²) in [5.41, 5.74) is 3.97. The molecule has 0 aliphatic heterocycles. The summed E-state index contributed by atoms with van der Waals surface area (Å²) < 4.78 is 15.9. The number of amides is 2. The molecule has 8 heteroatoms. The van der Waals surface area contributed by atoms with Crippen LogP contribution in [0.15, 0.2) is 61.2 Å². The minimum atomic E-state index is -0.857. The molecule has 1 aliphatic carbocycles. The van der Waals surface area contributed by atoms with E-state index < -0.39 is 29.8 Å². The number of fused-ring (bicyclic) bond motifs is 3. The van der Waals surface area contributed by atoms with E-state index in [9.17, 15) is 14.4 Å². The summed E-state index contributed by atoms with van der Waals surface area (Å²) in [6, 6.07) is 15.5. The smallest absolute Gasteiger partial charge is 0.408 e. The number of benzene rings is 2. The lowest BCUT2D eigenvalue weighted by Crippen LogP contribution is -2.44. The fourth-order valence-corrected chi connectivity index (χ4v) is 4.25. The van der Waals surface area contributed by atoms with Crippen molar-refractivity contribution in [2.24, 2.45) is 0 Å². The molecule has 8 nitrogen and oxygen atoms in total. The molecule has 1 atom stereocenters. The molecule has 0 bridgehead atoms. The molecule has 0 radical (unpaired) electrons. The summed E-state index contributed by atoms with van der Waals surface area (Å²) in [7, 11) is 0. The van der Waals surface area contributed by atoms with Crippen molar-refractivity contribution in [3.8, 4) is 11.1 Å². The highest BCUT2D eigenvalue weighted by Gasteiger charge is 2.29. The van der Waals surface area contributed by atoms with Gasteiger partial charge in [-0.3, -0.25) is 0 Å². The van der Waals surface area contributed by atoms with Crippen molar-refractivity contribution in [2.45, 2.75) is 57.6 Å². The molecule has 2 amide bonds. The molecule has 2 aromatic carbocycles. The highest BCUT2D eigenvalue weighted by Crippen LogP contribution is 2.44. The van der Waals surface area contributed by atoms with Gasteiger partial charge < -0.3 is 24.8 Å². The second-order valence-corrected chi connectivity index (χ2v) is 9.87. The van der Waals surface area contributed by atoms with Crippen LogP contribution in [0.1, 0.15) is 57.1 Å². The van der Waals surface area contributed by atoms with Crippen molar-refractivity contribution >= 4 is 18.2 Å². The molecule has 3 rings (SSSR count). The predicted octanol–water partition coefficient (Wildman–Crippen LogP) is 5.32. The first kappa shape index (κ1) is 27.8. The summed E-state index contributed by atoms with van der Waals surface area (Å²) in [5, 5.41) is 5.33. The van der Waals surface area contributed by atoms with Gasteiger partial charge in [0, 0.05) is 12.5 Å². The molecule has 198 valence electrons. The third-order valence-corrected chi connectivity index (χ3v) is 5.85. The lowest BCUT2D eigenvalue weighted by Gasteiger charge is -2.23. The van der Waals surface area contributed by atoms with Crippen LogP contribution >= 0.6 is 0 Å². The second-order valence-electron chi connectivity index (χ2n) is 9.87. The largest absolute Gasteiger partial charge is 0.460 e. The SMILES string of the molecule is C=CCOC(=O)[C@H](CCCCNC(=O)OCC1c2ccccc2-c2ccccc21)NC(=O)OC(C)(C)C. The van der Waals surface area contributed by atoms with E-state index in [0.29, 0.717) is 25.8 Å². The average molecular weight is 509 g/mol. The van der Waals surface area contributed by atoms with Crippen LogP contribution in [0.2, 0.25) is 0 Å². The molecule has 0 saturated carbocycles. The zero-order valence-corrected chi connectivity index (χ0v) is 21.8. The van der Waals surface area contributed by atoms with Crippen molar-refractivity contribution in [1.29, 1.82) is 0 Å². The molecule has 0 saturated heterocycles. The molecule has 0 aromatic heterocycles. The number of unbranched alkanes of at least 4 members (excludes halogenated alkanes) is 1. The van der Waals surface area contributed by atoms with Crippen LogP contribution in [-0.2, 0) is 19.0 Å². The molecule has 37 heavy (non-hydrogen) atoms. The minimum absolute atomic E-state index is 0.000542. The maximum absolute atomic E-state index is 12.3. The van der Waals surface area contributed by atoms with E-state index in [-0.39, 0.29) is 19.1 Å². The van der Waals surface area contributed by atoms with Gasteiger partial charge in [0.25, 0.3) is 0 Å². The molecule has 0 unspecified atom stereocenters. The third-order valence-electron chi connectivity index (χ3n) is 5.85. The number of esters is 1. The monoisotopic (exact) mass is 508 g/mol. The van der Waals surface area contributed by atoms with Crippen LogP contribution in [0, 0.1) is 0 Å². The van der Waals surface area contributed by atoms with Crippen LogP contribution in [0.5, 0.6) is 0 Å². The van der Waals surface area contributed by atoms with Gasteiger partial charge in [-0.2, -0.15) is 0 Å². The highest BCUT2D eigenvalue weighted by atomic mass is 16.6. The van der Waals surface area contributed by atoms with E-state index in [4.69, 9.17) is 14.2 Å². The zero-order chi connectivity index (χ0) is 26.8. The summed E-state index contributed by atoms with van der Waals surface area (Å²) in [6.45, 7) is 9.42. The summed E-state index contributed by atoms with van der Waals surface area (Å²) in [4.78, 5) is 36.8. The first-order valence-corrected chi connectivity index (χ1v) is 12.6. The van der Waals surface area contributed by atoms with Crippen LogP contribution in [0.25, 0.3) is 11.1 Å². The highest BCUT2D eigenvalue weighted by molar-refractivity contribution is 5.81. The molecule has 1 aliphatic rings. The Bertz CT molecular complexity index is 1060. The van der Waals surface area contributed by atoms with E-state index in [1.54, 1.807) is 20.8 Å². The van der Waals surface area contributed by atoms with E-state index in [1.165, 1.54) is 17.2 Å². The van der Waals surface area contributed by atoms with Crippen molar-refractivity contribution < 1.29 is 28.6 Å². The van der Waals surface area contributed by atoms with Crippen molar-refractivity contribution in [3.05, 3.63) is 72.3 Å². The van der Waals surface area contributed by atoms with Gasteiger partial charge in [0.05, 0.1) is 0 Å². The Kier molecular flexibility index (Phi) is 9.71. The van der Waals surface area contributed by atoms with Gasteiger partial charge >= 0.3 is 18.2 Å². The van der Waals surface area contributed by atoms with E-state index in [0.717, 1.165) is 11.1 Å². The van der Waals surface area contributed by atoms with Gasteiger partial charge in [-0.25, -0.2) is 14.4 Å². The molecule has 2 N–H and O–H groups in total. The van der Waals surface area contributed by atoms with Gasteiger partial charge in [-0.05, 0) is 62.3 Å². The number of carbonyl (C=O) groups excluding carboxylic acids is 3. The fourth-order valence-electron chi connectivity index (χ4n) is 4.25. The van der Waals surface area contributed by atoms with Gasteiger partial charge in [-0.15, -0.1) is 0 Å². The first-order valence-electron chi connectivity index (χ1n) is 12.6.